The summed E-state index contributed by atoms with van der Waals surface area (Å²) in [6.45, 7) is 4.80. The van der Waals surface area contributed by atoms with Gasteiger partial charge < -0.3 is 34.6 Å². The van der Waals surface area contributed by atoms with Gasteiger partial charge in [0.25, 0.3) is 0 Å². The molecule has 1 aromatic carbocycles. The predicted octanol–water partition coefficient (Wildman–Crippen LogP) is 1.11. The minimum atomic E-state index is -4.40. The highest BCUT2D eigenvalue weighted by atomic mass is 31.2. The van der Waals surface area contributed by atoms with Crippen molar-refractivity contribution in [3.05, 3.63) is 43.0 Å². The maximum absolute atomic E-state index is 14.4. The molecule has 0 aromatic heterocycles. The number of aliphatic hydroxyl groups is 3. The van der Waals surface area contributed by atoms with Crippen molar-refractivity contribution in [2.45, 2.75) is 69.3 Å². The third kappa shape index (κ3) is 7.17. The summed E-state index contributed by atoms with van der Waals surface area (Å²) in [4.78, 5) is 24.9. The van der Waals surface area contributed by atoms with Gasteiger partial charge in [0.1, 0.15) is 36.1 Å². The molecule has 0 radical (unpaired) electrons. The van der Waals surface area contributed by atoms with Crippen molar-refractivity contribution in [1.29, 1.82) is 0 Å². The monoisotopic (exact) mass is 542 g/mol. The lowest BCUT2D eigenvalue weighted by Gasteiger charge is -2.44. The third-order valence-electron chi connectivity index (χ3n) is 6.09. The van der Waals surface area contributed by atoms with Gasteiger partial charge in [-0.1, -0.05) is 24.3 Å². The second kappa shape index (κ2) is 13.5. The Bertz CT molecular complexity index is 964. The van der Waals surface area contributed by atoms with Gasteiger partial charge in [0.2, 0.25) is 5.91 Å². The molecule has 2 saturated heterocycles. The molecule has 3 rings (SSSR count). The van der Waals surface area contributed by atoms with Crippen LogP contribution in [0.25, 0.3) is 0 Å². The summed E-state index contributed by atoms with van der Waals surface area (Å²) in [6.07, 6.45) is -3.32. The first kappa shape index (κ1) is 29.2. The van der Waals surface area contributed by atoms with E-state index in [0.717, 1.165) is 0 Å². The molecule has 2 aliphatic heterocycles. The van der Waals surface area contributed by atoms with Gasteiger partial charge in [-0.25, -0.2) is 4.57 Å². The SMILES string of the molecule is C=CCCC(=O)N[C@@H]1[C@@H](O)[C@H](OP(=O)(Oc2ccccc2)N2CCCC2C(=O)OCC)[C@@H](CO)O[C@@H]1O. The molecule has 206 valence electrons. The van der Waals surface area contributed by atoms with E-state index in [2.05, 4.69) is 11.9 Å². The van der Waals surface area contributed by atoms with Crippen LogP contribution in [0.15, 0.2) is 43.0 Å². The molecule has 13 heteroatoms. The largest absolute Gasteiger partial charge is 0.465 e. The Morgan fingerprint density at radius 3 is 2.68 bits per heavy atom. The summed E-state index contributed by atoms with van der Waals surface area (Å²) < 4.78 is 38.0. The molecule has 0 aliphatic carbocycles. The molecule has 2 aliphatic rings. The lowest BCUT2D eigenvalue weighted by atomic mass is 9.97. The van der Waals surface area contributed by atoms with Gasteiger partial charge in [-0.15, -0.1) is 6.58 Å². The van der Waals surface area contributed by atoms with E-state index in [1.54, 1.807) is 43.3 Å². The number of carbonyl (C=O) groups is 2. The first-order chi connectivity index (χ1) is 17.7. The number of rotatable bonds is 12. The number of nitrogens with zero attached hydrogens (tertiary/aromatic N) is 1. The van der Waals surface area contributed by atoms with Crippen LogP contribution in [-0.2, 0) is 28.2 Å². The summed E-state index contributed by atoms with van der Waals surface area (Å²) in [5, 5.41) is 33.9. The van der Waals surface area contributed by atoms with Crippen LogP contribution >= 0.6 is 7.75 Å². The van der Waals surface area contributed by atoms with Crippen LogP contribution in [0.5, 0.6) is 5.75 Å². The average molecular weight is 543 g/mol. The Balaban J connectivity index is 1.92. The van der Waals surface area contributed by atoms with Crippen LogP contribution in [0, 0.1) is 0 Å². The number of benzene rings is 1. The summed E-state index contributed by atoms with van der Waals surface area (Å²) in [6, 6.07) is 5.87. The van der Waals surface area contributed by atoms with Gasteiger partial charge in [0.05, 0.1) is 13.2 Å². The minimum absolute atomic E-state index is 0.0546. The molecule has 2 heterocycles. The number of nitrogens with one attached hydrogen (secondary N) is 1. The maximum Gasteiger partial charge on any atom is 0.462 e. The van der Waals surface area contributed by atoms with Crippen LogP contribution in [0.4, 0.5) is 0 Å². The van der Waals surface area contributed by atoms with E-state index in [4.69, 9.17) is 18.5 Å². The highest BCUT2D eigenvalue weighted by Gasteiger charge is 2.53. The molecule has 2 fully saturated rings. The number of carbonyl (C=O) groups excluding carboxylic acids is 2. The van der Waals surface area contributed by atoms with Crippen molar-refractivity contribution in [3.8, 4) is 5.75 Å². The zero-order valence-electron chi connectivity index (χ0n) is 20.7. The topological polar surface area (TPSA) is 164 Å². The molecule has 2 unspecified atom stereocenters. The Kier molecular flexibility index (Phi) is 10.7. The molecular weight excluding hydrogens is 507 g/mol. The van der Waals surface area contributed by atoms with Gasteiger partial charge in [-0.3, -0.25) is 14.1 Å². The van der Waals surface area contributed by atoms with Crippen molar-refractivity contribution >= 4 is 19.6 Å². The van der Waals surface area contributed by atoms with Crippen molar-refractivity contribution in [1.82, 2.24) is 9.99 Å². The quantitative estimate of drug-likeness (QED) is 0.170. The summed E-state index contributed by atoms with van der Waals surface area (Å²) in [7, 11) is -4.40. The second-order valence-corrected chi connectivity index (χ2v) is 10.5. The fourth-order valence-electron chi connectivity index (χ4n) is 4.28. The van der Waals surface area contributed by atoms with E-state index in [0.29, 0.717) is 19.3 Å². The fraction of sp³-hybridized carbons (Fsp3) is 0.583. The first-order valence-corrected chi connectivity index (χ1v) is 13.7. The van der Waals surface area contributed by atoms with Crippen LogP contribution in [0.2, 0.25) is 0 Å². The molecule has 0 spiro atoms. The number of allylic oxidation sites excluding steroid dienone is 1. The standard InChI is InChI=1S/C24H35N2O10P/c1-3-5-13-19(28)25-20-21(29)22(18(15-27)34-24(20)31)36-37(32,35-16-10-7-6-8-11-16)26-14-9-12-17(26)23(30)33-4-2/h3,6-8,10-11,17-18,20-22,24,27,29,31H,1,4-5,9,12-15H2,2H3,(H,25,28)/t17?,18-,20-,21-,22-,24+,37?/m1/s1. The number of para-hydroxylation sites is 1. The molecule has 0 saturated carbocycles. The lowest BCUT2D eigenvalue weighted by Crippen LogP contribution is -2.64. The van der Waals surface area contributed by atoms with Crippen molar-refractivity contribution in [2.24, 2.45) is 0 Å². The highest BCUT2D eigenvalue weighted by Crippen LogP contribution is 2.57. The average Bonchev–Trinajstić information content (AvgIpc) is 3.39. The lowest BCUT2D eigenvalue weighted by molar-refractivity contribution is -0.250. The zero-order chi connectivity index (χ0) is 27.0. The van der Waals surface area contributed by atoms with Crippen LogP contribution < -0.4 is 9.84 Å². The highest BCUT2D eigenvalue weighted by molar-refractivity contribution is 7.51. The van der Waals surface area contributed by atoms with E-state index in [9.17, 15) is 29.5 Å². The maximum atomic E-state index is 14.4. The number of ether oxygens (including phenoxy) is 2. The Morgan fingerprint density at radius 1 is 1.30 bits per heavy atom. The van der Waals surface area contributed by atoms with Gasteiger partial charge in [0.15, 0.2) is 6.29 Å². The van der Waals surface area contributed by atoms with E-state index in [-0.39, 0.29) is 25.3 Å². The molecule has 0 bridgehead atoms. The van der Waals surface area contributed by atoms with Gasteiger partial charge in [-0.2, -0.15) is 4.67 Å². The van der Waals surface area contributed by atoms with E-state index in [1.165, 1.54) is 4.67 Å². The van der Waals surface area contributed by atoms with Gasteiger partial charge in [0, 0.05) is 13.0 Å². The first-order valence-electron chi connectivity index (χ1n) is 12.2. The Labute approximate surface area is 215 Å². The Hall–Kier alpha value is -2.31. The summed E-state index contributed by atoms with van der Waals surface area (Å²) in [5.74, 6) is -0.901. The van der Waals surface area contributed by atoms with Crippen molar-refractivity contribution in [2.75, 3.05) is 19.8 Å². The number of hydrogen-bond acceptors (Lipinski definition) is 10. The molecule has 4 N–H and O–H groups in total. The van der Waals surface area contributed by atoms with Gasteiger partial charge in [-0.05, 0) is 38.3 Å². The number of aliphatic hydroxyl groups excluding tert-OH is 3. The summed E-state index contributed by atoms with van der Waals surface area (Å²) in [5.41, 5.74) is 0. The van der Waals surface area contributed by atoms with E-state index >= 15 is 0 Å². The predicted molar refractivity (Wildman–Crippen MR) is 131 cm³/mol. The summed E-state index contributed by atoms with van der Waals surface area (Å²) >= 11 is 0. The normalized spacial score (nSPS) is 29.7. The molecule has 1 amide bonds. The number of esters is 1. The zero-order valence-corrected chi connectivity index (χ0v) is 21.6. The fourth-order valence-corrected chi connectivity index (χ4v) is 6.45. The van der Waals surface area contributed by atoms with E-state index in [1.807, 2.05) is 0 Å². The van der Waals surface area contributed by atoms with E-state index < -0.39 is 62.9 Å². The molecule has 1 aromatic rings. The molecule has 12 nitrogen and oxygen atoms in total. The number of amides is 1. The third-order valence-corrected chi connectivity index (χ3v) is 8.15. The van der Waals surface area contributed by atoms with Crippen LogP contribution in [0.1, 0.15) is 32.6 Å². The van der Waals surface area contributed by atoms with Gasteiger partial charge >= 0.3 is 13.7 Å². The van der Waals surface area contributed by atoms with Crippen molar-refractivity contribution in [3.63, 3.8) is 0 Å². The van der Waals surface area contributed by atoms with Crippen LogP contribution in [0.3, 0.4) is 0 Å². The Morgan fingerprint density at radius 2 is 2.03 bits per heavy atom. The second-order valence-electron chi connectivity index (χ2n) is 8.67. The molecule has 37 heavy (non-hydrogen) atoms. The minimum Gasteiger partial charge on any atom is -0.465 e. The molecular formula is C24H35N2O10P. The van der Waals surface area contributed by atoms with Crippen LogP contribution in [-0.4, -0.2) is 88.3 Å². The smallest absolute Gasteiger partial charge is 0.462 e. The molecule has 7 atom stereocenters. The number of hydrogen-bond donors (Lipinski definition) is 4. The van der Waals surface area contributed by atoms with Crippen molar-refractivity contribution < 1.29 is 48.0 Å².